The first kappa shape index (κ1) is 10.4. The quantitative estimate of drug-likeness (QED) is 0.811. The molecule has 0 bridgehead atoms. The van der Waals surface area contributed by atoms with Crippen molar-refractivity contribution in [3.05, 3.63) is 22.2 Å². The van der Waals surface area contributed by atoms with Crippen molar-refractivity contribution in [1.29, 1.82) is 0 Å². The largest absolute Gasteiger partial charge is 0.489 e. The minimum absolute atomic E-state index is 0.150. The molecule has 2 N–H and O–H groups in total. The maximum Gasteiger partial charge on any atom is 0.143 e. The molecule has 1 aromatic carbocycles. The van der Waals surface area contributed by atoms with Crippen LogP contribution < -0.4 is 10.5 Å². The van der Waals surface area contributed by atoms with Gasteiger partial charge < -0.3 is 10.5 Å². The standard InChI is InChI=1S/C10H14BrNO/c1-6(2)13-10-5-8(11)7(3)4-9(10)12/h4-6H,12H2,1-3H3. The van der Waals surface area contributed by atoms with Gasteiger partial charge in [0.15, 0.2) is 0 Å². The number of aryl methyl sites for hydroxylation is 1. The van der Waals surface area contributed by atoms with Gasteiger partial charge in [-0.1, -0.05) is 15.9 Å². The third-order valence-corrected chi connectivity index (χ3v) is 2.51. The molecule has 0 aliphatic heterocycles. The molecule has 3 heteroatoms. The molecule has 0 radical (unpaired) electrons. The zero-order chi connectivity index (χ0) is 10.0. The highest BCUT2D eigenvalue weighted by Gasteiger charge is 2.05. The van der Waals surface area contributed by atoms with Crippen molar-refractivity contribution in [2.45, 2.75) is 26.9 Å². The Balaban J connectivity index is 3.01. The zero-order valence-corrected chi connectivity index (χ0v) is 9.68. The van der Waals surface area contributed by atoms with Crippen LogP contribution in [0, 0.1) is 6.92 Å². The SMILES string of the molecule is Cc1cc(N)c(OC(C)C)cc1Br. The van der Waals surface area contributed by atoms with Crippen LogP contribution in [0.1, 0.15) is 19.4 Å². The van der Waals surface area contributed by atoms with Crippen LogP contribution in [-0.2, 0) is 0 Å². The Morgan fingerprint density at radius 3 is 2.54 bits per heavy atom. The molecular formula is C10H14BrNO. The van der Waals surface area contributed by atoms with Crippen molar-refractivity contribution in [2.75, 3.05) is 5.73 Å². The monoisotopic (exact) mass is 243 g/mol. The predicted octanol–water partition coefficient (Wildman–Crippen LogP) is 3.13. The van der Waals surface area contributed by atoms with E-state index < -0.39 is 0 Å². The lowest BCUT2D eigenvalue weighted by atomic mass is 10.2. The van der Waals surface area contributed by atoms with Gasteiger partial charge in [0.05, 0.1) is 11.8 Å². The number of ether oxygens (including phenoxy) is 1. The average molecular weight is 244 g/mol. The summed E-state index contributed by atoms with van der Waals surface area (Å²) >= 11 is 3.43. The fourth-order valence-corrected chi connectivity index (χ4v) is 1.36. The van der Waals surface area contributed by atoms with Gasteiger partial charge in [0.2, 0.25) is 0 Å². The highest BCUT2D eigenvalue weighted by atomic mass is 79.9. The number of nitrogens with two attached hydrogens (primary N) is 1. The Morgan fingerprint density at radius 2 is 2.00 bits per heavy atom. The average Bonchev–Trinajstić information content (AvgIpc) is 1.99. The van der Waals surface area contributed by atoms with Crippen molar-refractivity contribution in [3.8, 4) is 5.75 Å². The normalized spacial score (nSPS) is 10.5. The fraction of sp³-hybridized carbons (Fsp3) is 0.400. The third-order valence-electron chi connectivity index (χ3n) is 1.65. The highest BCUT2D eigenvalue weighted by Crippen LogP contribution is 2.29. The van der Waals surface area contributed by atoms with E-state index in [4.69, 9.17) is 10.5 Å². The molecule has 0 saturated heterocycles. The van der Waals surface area contributed by atoms with Crippen LogP contribution in [-0.4, -0.2) is 6.10 Å². The molecule has 13 heavy (non-hydrogen) atoms. The Morgan fingerprint density at radius 1 is 1.38 bits per heavy atom. The van der Waals surface area contributed by atoms with Gasteiger partial charge in [-0.25, -0.2) is 0 Å². The van der Waals surface area contributed by atoms with Gasteiger partial charge in [-0.05, 0) is 38.5 Å². The molecule has 2 nitrogen and oxygen atoms in total. The number of nitrogen functional groups attached to an aromatic ring is 1. The van der Waals surface area contributed by atoms with E-state index in [2.05, 4.69) is 15.9 Å². The number of anilines is 1. The van der Waals surface area contributed by atoms with Crippen LogP contribution in [0.4, 0.5) is 5.69 Å². The van der Waals surface area contributed by atoms with E-state index in [1.54, 1.807) is 0 Å². The van der Waals surface area contributed by atoms with Gasteiger partial charge in [-0.15, -0.1) is 0 Å². The highest BCUT2D eigenvalue weighted by molar-refractivity contribution is 9.10. The lowest BCUT2D eigenvalue weighted by Crippen LogP contribution is -2.07. The molecule has 1 aromatic rings. The molecule has 0 aromatic heterocycles. The summed E-state index contributed by atoms with van der Waals surface area (Å²) in [6, 6.07) is 3.81. The van der Waals surface area contributed by atoms with Gasteiger partial charge in [0, 0.05) is 4.47 Å². The molecule has 0 aliphatic rings. The summed E-state index contributed by atoms with van der Waals surface area (Å²) in [7, 11) is 0. The molecular weight excluding hydrogens is 230 g/mol. The van der Waals surface area contributed by atoms with Crippen molar-refractivity contribution < 1.29 is 4.74 Å². The first-order chi connectivity index (χ1) is 6.00. The Bertz CT molecular complexity index is 310. The topological polar surface area (TPSA) is 35.2 Å². The number of hydrogen-bond donors (Lipinski definition) is 1. The summed E-state index contributed by atoms with van der Waals surface area (Å²) in [6.45, 7) is 5.96. The summed E-state index contributed by atoms with van der Waals surface area (Å²) in [5.74, 6) is 0.743. The van der Waals surface area contributed by atoms with Gasteiger partial charge in [0.1, 0.15) is 5.75 Å². The summed E-state index contributed by atoms with van der Waals surface area (Å²) in [4.78, 5) is 0. The number of rotatable bonds is 2. The van der Waals surface area contributed by atoms with Crippen molar-refractivity contribution in [2.24, 2.45) is 0 Å². The molecule has 1 rings (SSSR count). The van der Waals surface area contributed by atoms with Gasteiger partial charge in [-0.3, -0.25) is 0 Å². The second-order valence-corrected chi connectivity index (χ2v) is 4.16. The van der Waals surface area contributed by atoms with Crippen molar-refractivity contribution in [1.82, 2.24) is 0 Å². The summed E-state index contributed by atoms with van der Waals surface area (Å²) in [5, 5.41) is 0. The molecule has 0 fully saturated rings. The summed E-state index contributed by atoms with van der Waals surface area (Å²) in [6.07, 6.45) is 0.150. The van der Waals surface area contributed by atoms with Crippen LogP contribution in [0.3, 0.4) is 0 Å². The minimum atomic E-state index is 0.150. The van der Waals surface area contributed by atoms with E-state index >= 15 is 0 Å². The first-order valence-corrected chi connectivity index (χ1v) is 5.02. The third kappa shape index (κ3) is 2.62. The Labute approximate surface area is 87.2 Å². The lowest BCUT2D eigenvalue weighted by Gasteiger charge is -2.13. The van der Waals surface area contributed by atoms with Crippen LogP contribution in [0.25, 0.3) is 0 Å². The minimum Gasteiger partial charge on any atom is -0.489 e. The van der Waals surface area contributed by atoms with E-state index in [1.807, 2.05) is 32.9 Å². The first-order valence-electron chi connectivity index (χ1n) is 4.23. The summed E-state index contributed by atoms with van der Waals surface area (Å²) < 4.78 is 6.55. The van der Waals surface area contributed by atoms with E-state index in [0.717, 1.165) is 15.8 Å². The van der Waals surface area contributed by atoms with E-state index in [0.29, 0.717) is 5.69 Å². The van der Waals surface area contributed by atoms with Gasteiger partial charge >= 0.3 is 0 Å². The van der Waals surface area contributed by atoms with Crippen LogP contribution in [0.5, 0.6) is 5.75 Å². The number of halogens is 1. The van der Waals surface area contributed by atoms with Crippen LogP contribution >= 0.6 is 15.9 Å². The Hall–Kier alpha value is -0.700. The number of hydrogen-bond acceptors (Lipinski definition) is 2. The molecule has 0 unspecified atom stereocenters. The maximum absolute atomic E-state index is 5.79. The second kappa shape index (κ2) is 4.01. The smallest absolute Gasteiger partial charge is 0.143 e. The predicted molar refractivity (Wildman–Crippen MR) is 59.1 cm³/mol. The van der Waals surface area contributed by atoms with E-state index in [1.165, 1.54) is 0 Å². The summed E-state index contributed by atoms with van der Waals surface area (Å²) in [5.41, 5.74) is 7.60. The van der Waals surface area contributed by atoms with Crippen molar-refractivity contribution in [3.63, 3.8) is 0 Å². The molecule has 0 atom stereocenters. The van der Waals surface area contributed by atoms with Gasteiger partial charge in [0.25, 0.3) is 0 Å². The van der Waals surface area contributed by atoms with Crippen LogP contribution in [0.15, 0.2) is 16.6 Å². The molecule has 0 aliphatic carbocycles. The maximum atomic E-state index is 5.79. The fourth-order valence-electron chi connectivity index (χ4n) is 1.04. The molecule has 0 amide bonds. The lowest BCUT2D eigenvalue weighted by molar-refractivity contribution is 0.243. The molecule has 0 spiro atoms. The van der Waals surface area contributed by atoms with Crippen molar-refractivity contribution >= 4 is 21.6 Å². The number of benzene rings is 1. The second-order valence-electron chi connectivity index (χ2n) is 3.31. The molecule has 0 saturated carbocycles. The van der Waals surface area contributed by atoms with E-state index in [-0.39, 0.29) is 6.10 Å². The zero-order valence-electron chi connectivity index (χ0n) is 8.10. The molecule has 0 heterocycles. The molecule has 72 valence electrons. The Kier molecular flexibility index (Phi) is 3.20. The van der Waals surface area contributed by atoms with E-state index in [9.17, 15) is 0 Å². The van der Waals surface area contributed by atoms with Crippen LogP contribution in [0.2, 0.25) is 0 Å². The van der Waals surface area contributed by atoms with Gasteiger partial charge in [-0.2, -0.15) is 0 Å².